The molecule has 0 fully saturated rings. The van der Waals surface area contributed by atoms with Gasteiger partial charge in [-0.15, -0.1) is 0 Å². The average Bonchev–Trinajstić information content (AvgIpc) is 2.88. The van der Waals surface area contributed by atoms with Gasteiger partial charge in [-0.1, -0.05) is 48.5 Å². The highest BCUT2D eigenvalue weighted by atomic mass is 32.2. The molecule has 0 aliphatic carbocycles. The SMILES string of the molecule is CNC(=O)[C@H](C)N(CCc1ccccc1)C(=O)CN(c1ccc(F)cc1)S(=O)(=O)c1ccccc1. The molecular weight excluding hydrogens is 469 g/mol. The first-order chi connectivity index (χ1) is 16.7. The molecule has 0 bridgehead atoms. The van der Waals surface area contributed by atoms with Crippen LogP contribution in [0, 0.1) is 5.82 Å². The molecule has 3 aromatic carbocycles. The molecule has 9 heteroatoms. The van der Waals surface area contributed by atoms with Crippen molar-refractivity contribution in [2.45, 2.75) is 24.3 Å². The van der Waals surface area contributed by atoms with Gasteiger partial charge in [0.1, 0.15) is 18.4 Å². The van der Waals surface area contributed by atoms with E-state index in [0.717, 1.165) is 22.0 Å². The van der Waals surface area contributed by atoms with E-state index in [2.05, 4.69) is 5.32 Å². The Bertz CT molecular complexity index is 1240. The van der Waals surface area contributed by atoms with Crippen molar-refractivity contribution < 1.29 is 22.4 Å². The molecule has 3 aromatic rings. The summed E-state index contributed by atoms with van der Waals surface area (Å²) in [6.07, 6.45) is 0.482. The predicted molar refractivity (Wildman–Crippen MR) is 133 cm³/mol. The van der Waals surface area contributed by atoms with Crippen LogP contribution in [0.5, 0.6) is 0 Å². The lowest BCUT2D eigenvalue weighted by atomic mass is 10.1. The Labute approximate surface area is 205 Å². The summed E-state index contributed by atoms with van der Waals surface area (Å²) < 4.78 is 41.5. The first-order valence-electron chi connectivity index (χ1n) is 11.1. The van der Waals surface area contributed by atoms with E-state index in [1.807, 2.05) is 30.3 Å². The third kappa shape index (κ3) is 6.45. The second kappa shape index (κ2) is 11.6. The molecule has 3 rings (SSSR count). The fraction of sp³-hybridized carbons (Fsp3) is 0.231. The number of nitrogens with zero attached hydrogens (tertiary/aromatic N) is 2. The van der Waals surface area contributed by atoms with Crippen LogP contribution in [0.1, 0.15) is 12.5 Å². The van der Waals surface area contributed by atoms with E-state index < -0.39 is 34.3 Å². The summed E-state index contributed by atoms with van der Waals surface area (Å²) in [6.45, 7) is 1.24. The highest BCUT2D eigenvalue weighted by Gasteiger charge is 2.32. The standard InChI is InChI=1S/C26H28FN3O4S/c1-20(26(32)28-2)29(18-17-21-9-5-3-6-10-21)25(31)19-30(23-15-13-22(27)14-16-23)35(33,34)24-11-7-4-8-12-24/h3-16,20H,17-19H2,1-2H3,(H,28,32)/t20-/m0/s1. The Hall–Kier alpha value is -3.72. The summed E-state index contributed by atoms with van der Waals surface area (Å²) in [5, 5.41) is 2.54. The van der Waals surface area contributed by atoms with Crippen molar-refractivity contribution in [2.24, 2.45) is 0 Å². The molecule has 0 unspecified atom stereocenters. The van der Waals surface area contributed by atoms with Gasteiger partial charge in [0, 0.05) is 13.6 Å². The minimum absolute atomic E-state index is 0.00712. The zero-order valence-corrected chi connectivity index (χ0v) is 20.4. The zero-order chi connectivity index (χ0) is 25.4. The zero-order valence-electron chi connectivity index (χ0n) is 19.6. The quantitative estimate of drug-likeness (QED) is 0.466. The Morgan fingerprint density at radius 3 is 2.06 bits per heavy atom. The van der Waals surface area contributed by atoms with Crippen molar-refractivity contribution in [3.63, 3.8) is 0 Å². The molecule has 2 amide bonds. The van der Waals surface area contributed by atoms with Crippen LogP contribution in [-0.4, -0.2) is 51.3 Å². The van der Waals surface area contributed by atoms with Crippen LogP contribution >= 0.6 is 0 Å². The number of benzene rings is 3. The van der Waals surface area contributed by atoms with Crippen LogP contribution in [0.3, 0.4) is 0 Å². The molecular formula is C26H28FN3O4S. The number of rotatable bonds is 10. The van der Waals surface area contributed by atoms with Crippen LogP contribution in [-0.2, 0) is 26.0 Å². The minimum atomic E-state index is -4.15. The van der Waals surface area contributed by atoms with Gasteiger partial charge in [0.25, 0.3) is 10.0 Å². The number of sulfonamides is 1. The first-order valence-corrected chi connectivity index (χ1v) is 12.6. The number of halogens is 1. The molecule has 1 N–H and O–H groups in total. The lowest BCUT2D eigenvalue weighted by Gasteiger charge is -2.31. The Kier molecular flexibility index (Phi) is 8.59. The van der Waals surface area contributed by atoms with Gasteiger partial charge in [-0.25, -0.2) is 12.8 Å². The second-order valence-electron chi connectivity index (χ2n) is 7.91. The van der Waals surface area contributed by atoms with Gasteiger partial charge in [0.2, 0.25) is 11.8 Å². The maximum absolute atomic E-state index is 13.6. The normalized spacial score (nSPS) is 12.0. The highest BCUT2D eigenvalue weighted by Crippen LogP contribution is 2.24. The van der Waals surface area contributed by atoms with Crippen molar-refractivity contribution in [1.29, 1.82) is 0 Å². The fourth-order valence-corrected chi connectivity index (χ4v) is 5.07. The van der Waals surface area contributed by atoms with Crippen molar-refractivity contribution in [3.05, 3.63) is 96.3 Å². The third-order valence-electron chi connectivity index (χ3n) is 5.62. The number of nitrogens with one attached hydrogen (secondary N) is 1. The molecule has 0 spiro atoms. The van der Waals surface area contributed by atoms with Crippen molar-refractivity contribution in [1.82, 2.24) is 10.2 Å². The van der Waals surface area contributed by atoms with E-state index in [4.69, 9.17) is 0 Å². The second-order valence-corrected chi connectivity index (χ2v) is 9.78. The molecule has 0 saturated heterocycles. The molecule has 0 aliphatic heterocycles. The van der Waals surface area contributed by atoms with E-state index in [1.165, 1.54) is 36.2 Å². The van der Waals surface area contributed by atoms with Crippen LogP contribution in [0.15, 0.2) is 89.8 Å². The lowest BCUT2D eigenvalue weighted by Crippen LogP contribution is -2.51. The van der Waals surface area contributed by atoms with Gasteiger partial charge < -0.3 is 10.2 Å². The van der Waals surface area contributed by atoms with E-state index in [0.29, 0.717) is 6.42 Å². The van der Waals surface area contributed by atoms with Crippen LogP contribution in [0.4, 0.5) is 10.1 Å². The number of amides is 2. The number of hydrogen-bond donors (Lipinski definition) is 1. The fourth-order valence-electron chi connectivity index (χ4n) is 3.63. The predicted octanol–water partition coefficient (Wildman–Crippen LogP) is 3.23. The Morgan fingerprint density at radius 2 is 1.49 bits per heavy atom. The smallest absolute Gasteiger partial charge is 0.264 e. The molecule has 0 saturated carbocycles. The molecule has 0 heterocycles. The summed E-state index contributed by atoms with van der Waals surface area (Å²) >= 11 is 0. The molecule has 0 aromatic heterocycles. The molecule has 7 nitrogen and oxygen atoms in total. The maximum atomic E-state index is 13.6. The summed E-state index contributed by atoms with van der Waals surface area (Å²) in [5.41, 5.74) is 1.11. The van der Waals surface area contributed by atoms with E-state index in [1.54, 1.807) is 25.1 Å². The topological polar surface area (TPSA) is 86.8 Å². The monoisotopic (exact) mass is 497 g/mol. The van der Waals surface area contributed by atoms with Gasteiger partial charge in [-0.2, -0.15) is 0 Å². The summed E-state index contributed by atoms with van der Waals surface area (Å²) in [6, 6.07) is 21.2. The van der Waals surface area contributed by atoms with Crippen LogP contribution in [0.2, 0.25) is 0 Å². The molecule has 184 valence electrons. The summed E-state index contributed by atoms with van der Waals surface area (Å²) in [4.78, 5) is 27.3. The van der Waals surface area contributed by atoms with Gasteiger partial charge >= 0.3 is 0 Å². The largest absolute Gasteiger partial charge is 0.357 e. The molecule has 35 heavy (non-hydrogen) atoms. The molecule has 0 radical (unpaired) electrons. The number of carbonyl (C=O) groups is 2. The van der Waals surface area contributed by atoms with Gasteiger partial charge in [0.15, 0.2) is 0 Å². The number of likely N-dealkylation sites (N-methyl/N-ethyl adjacent to an activating group) is 1. The van der Waals surface area contributed by atoms with E-state index in [-0.39, 0.29) is 23.0 Å². The van der Waals surface area contributed by atoms with E-state index >= 15 is 0 Å². The number of anilines is 1. The number of hydrogen-bond acceptors (Lipinski definition) is 4. The Balaban J connectivity index is 1.95. The highest BCUT2D eigenvalue weighted by molar-refractivity contribution is 7.92. The first kappa shape index (κ1) is 25.9. The van der Waals surface area contributed by atoms with E-state index in [9.17, 15) is 22.4 Å². The average molecular weight is 498 g/mol. The summed E-state index contributed by atoms with van der Waals surface area (Å²) in [7, 11) is -2.68. The Morgan fingerprint density at radius 1 is 0.914 bits per heavy atom. The summed E-state index contributed by atoms with van der Waals surface area (Å²) in [5.74, 6) is -1.46. The number of carbonyl (C=O) groups excluding carboxylic acids is 2. The molecule has 1 atom stereocenters. The third-order valence-corrected chi connectivity index (χ3v) is 7.41. The van der Waals surface area contributed by atoms with Crippen LogP contribution in [0.25, 0.3) is 0 Å². The van der Waals surface area contributed by atoms with Crippen molar-refractivity contribution in [3.8, 4) is 0 Å². The maximum Gasteiger partial charge on any atom is 0.264 e. The van der Waals surface area contributed by atoms with Crippen molar-refractivity contribution >= 4 is 27.5 Å². The van der Waals surface area contributed by atoms with Crippen LogP contribution < -0.4 is 9.62 Å². The minimum Gasteiger partial charge on any atom is -0.357 e. The van der Waals surface area contributed by atoms with Gasteiger partial charge in [-0.3, -0.25) is 13.9 Å². The lowest BCUT2D eigenvalue weighted by molar-refractivity contribution is -0.138. The van der Waals surface area contributed by atoms with Gasteiger partial charge in [-0.05, 0) is 55.3 Å². The van der Waals surface area contributed by atoms with Crippen molar-refractivity contribution in [2.75, 3.05) is 24.4 Å². The van der Waals surface area contributed by atoms with Gasteiger partial charge in [0.05, 0.1) is 10.6 Å². The molecule has 0 aliphatic rings.